The number of nitrogens with zero attached hydrogens (tertiary/aromatic N) is 3. The zero-order valence-electron chi connectivity index (χ0n) is 17.5. The van der Waals surface area contributed by atoms with Gasteiger partial charge in [0.25, 0.3) is 0 Å². The number of amides is 1. The maximum atomic E-state index is 11.9. The highest BCUT2D eigenvalue weighted by atomic mass is 16.1. The molecule has 4 aromatic rings. The molecule has 3 aromatic heterocycles. The predicted molar refractivity (Wildman–Crippen MR) is 123 cm³/mol. The number of pyridine rings is 1. The number of carbonyl (C=O) groups excluding carboxylic acids is 1. The molecule has 7 nitrogen and oxygen atoms in total. The van der Waals surface area contributed by atoms with Crippen LogP contribution in [0.5, 0.6) is 0 Å². The molecule has 7 heteroatoms. The van der Waals surface area contributed by atoms with Crippen molar-refractivity contribution in [1.29, 1.82) is 0 Å². The van der Waals surface area contributed by atoms with Gasteiger partial charge in [-0.3, -0.25) is 4.79 Å². The first-order valence-electron chi connectivity index (χ1n) is 10.1. The summed E-state index contributed by atoms with van der Waals surface area (Å²) in [5.41, 5.74) is 6.27. The average molecular weight is 412 g/mol. The summed E-state index contributed by atoms with van der Waals surface area (Å²) in [6.45, 7) is 8.43. The van der Waals surface area contributed by atoms with Crippen LogP contribution in [0.4, 0.5) is 5.69 Å². The van der Waals surface area contributed by atoms with Crippen molar-refractivity contribution in [2.45, 2.75) is 26.4 Å². The summed E-state index contributed by atoms with van der Waals surface area (Å²) in [4.78, 5) is 28.0. The molecule has 0 atom stereocenters. The van der Waals surface area contributed by atoms with Gasteiger partial charge in [0.05, 0.1) is 5.69 Å². The third kappa shape index (κ3) is 4.67. The summed E-state index contributed by atoms with van der Waals surface area (Å²) in [7, 11) is 0. The van der Waals surface area contributed by atoms with Gasteiger partial charge in [0, 0.05) is 53.4 Å². The fourth-order valence-corrected chi connectivity index (χ4v) is 3.37. The highest BCUT2D eigenvalue weighted by Gasteiger charge is 2.12. The maximum Gasteiger partial charge on any atom is 0.247 e. The van der Waals surface area contributed by atoms with E-state index in [2.05, 4.69) is 63.1 Å². The lowest BCUT2D eigenvalue weighted by Gasteiger charge is -2.13. The summed E-state index contributed by atoms with van der Waals surface area (Å²) in [5, 5.41) is 7.27. The van der Waals surface area contributed by atoms with Crippen molar-refractivity contribution in [2.75, 3.05) is 5.32 Å². The first kappa shape index (κ1) is 20.4. The monoisotopic (exact) mass is 412 g/mol. The van der Waals surface area contributed by atoms with Crippen LogP contribution in [-0.4, -0.2) is 31.9 Å². The van der Waals surface area contributed by atoms with Crippen LogP contribution in [0.2, 0.25) is 0 Å². The number of hydrogen-bond donors (Lipinski definition) is 3. The highest BCUT2D eigenvalue weighted by molar-refractivity contribution is 5.99. The number of fused-ring (bicyclic) bond motifs is 1. The Kier molecular flexibility index (Phi) is 5.86. The van der Waals surface area contributed by atoms with Gasteiger partial charge in [-0.05, 0) is 47.5 Å². The van der Waals surface area contributed by atoms with Crippen molar-refractivity contribution in [3.63, 3.8) is 0 Å². The van der Waals surface area contributed by atoms with E-state index >= 15 is 0 Å². The van der Waals surface area contributed by atoms with Crippen LogP contribution in [0.15, 0.2) is 67.9 Å². The van der Waals surface area contributed by atoms with Gasteiger partial charge in [0.15, 0.2) is 0 Å². The molecule has 3 heterocycles. The Morgan fingerprint density at radius 1 is 1.19 bits per heavy atom. The van der Waals surface area contributed by atoms with Crippen LogP contribution >= 0.6 is 0 Å². The summed E-state index contributed by atoms with van der Waals surface area (Å²) in [6.07, 6.45) is 8.25. The summed E-state index contributed by atoms with van der Waals surface area (Å²) in [5.74, 6) is -0.245. The normalized spacial score (nSPS) is 11.1. The Morgan fingerprint density at radius 3 is 2.81 bits per heavy atom. The van der Waals surface area contributed by atoms with Gasteiger partial charge in [-0.25, -0.2) is 15.0 Å². The van der Waals surface area contributed by atoms with E-state index in [-0.39, 0.29) is 5.91 Å². The Bertz CT molecular complexity index is 1230. The second-order valence-corrected chi connectivity index (χ2v) is 7.56. The van der Waals surface area contributed by atoms with Gasteiger partial charge in [-0.1, -0.05) is 20.4 Å². The number of aromatic amines is 1. The third-order valence-electron chi connectivity index (χ3n) is 4.88. The van der Waals surface area contributed by atoms with Gasteiger partial charge in [0.1, 0.15) is 12.0 Å². The number of nitrogens with one attached hydrogen (secondary N) is 3. The molecule has 0 aliphatic heterocycles. The SMILES string of the molecule is C=CC(=O)Nc1cc(CNC(C)C)cc(-c2cnc3[nH]cc(-c4ccncn4)c3c2)c1. The summed E-state index contributed by atoms with van der Waals surface area (Å²) < 4.78 is 0. The Morgan fingerprint density at radius 2 is 2.06 bits per heavy atom. The van der Waals surface area contributed by atoms with E-state index in [4.69, 9.17) is 0 Å². The molecule has 31 heavy (non-hydrogen) atoms. The molecule has 156 valence electrons. The fraction of sp³-hybridized carbons (Fsp3) is 0.167. The lowest BCUT2D eigenvalue weighted by atomic mass is 10.0. The first-order chi connectivity index (χ1) is 15.0. The number of benzene rings is 1. The predicted octanol–water partition coefficient (Wildman–Crippen LogP) is 4.31. The van der Waals surface area contributed by atoms with Crippen molar-refractivity contribution in [3.05, 3.63) is 73.5 Å². The van der Waals surface area contributed by atoms with Crippen molar-refractivity contribution >= 4 is 22.6 Å². The number of aromatic nitrogens is 4. The minimum Gasteiger partial charge on any atom is -0.345 e. The molecule has 4 rings (SSSR count). The van der Waals surface area contributed by atoms with Crippen molar-refractivity contribution in [2.24, 2.45) is 0 Å². The third-order valence-corrected chi connectivity index (χ3v) is 4.88. The van der Waals surface area contributed by atoms with Crippen LogP contribution in [0, 0.1) is 0 Å². The standard InChI is InChI=1S/C24H24N6O/c1-4-23(31)30-19-8-16(11-26-15(2)3)7-17(9-19)18-10-20-21(13-28-24(20)27-12-18)22-5-6-25-14-29-22/h4-10,12-15,26H,1,11H2,2-3H3,(H,27,28)(H,30,31). The van der Waals surface area contributed by atoms with Crippen molar-refractivity contribution < 1.29 is 4.79 Å². The maximum absolute atomic E-state index is 11.9. The Labute approximate surface area is 180 Å². The molecule has 0 radical (unpaired) electrons. The van der Waals surface area contributed by atoms with Crippen LogP contribution < -0.4 is 10.6 Å². The molecule has 0 saturated heterocycles. The average Bonchev–Trinajstić information content (AvgIpc) is 3.21. The van der Waals surface area contributed by atoms with Crippen LogP contribution in [-0.2, 0) is 11.3 Å². The minimum atomic E-state index is -0.245. The molecule has 1 amide bonds. The van der Waals surface area contributed by atoms with Gasteiger partial charge in [-0.2, -0.15) is 0 Å². The fourth-order valence-electron chi connectivity index (χ4n) is 3.37. The molecular formula is C24H24N6O. The number of anilines is 1. The number of H-pyrrole nitrogens is 1. The second-order valence-electron chi connectivity index (χ2n) is 7.56. The molecule has 0 unspecified atom stereocenters. The highest BCUT2D eigenvalue weighted by Crippen LogP contribution is 2.31. The summed E-state index contributed by atoms with van der Waals surface area (Å²) >= 11 is 0. The zero-order valence-corrected chi connectivity index (χ0v) is 17.5. The Hall–Kier alpha value is -3.84. The lowest BCUT2D eigenvalue weighted by Crippen LogP contribution is -2.22. The van der Waals surface area contributed by atoms with E-state index in [9.17, 15) is 4.79 Å². The molecular weight excluding hydrogens is 388 g/mol. The molecule has 0 spiro atoms. The van der Waals surface area contributed by atoms with E-state index in [1.54, 1.807) is 6.20 Å². The topological polar surface area (TPSA) is 95.6 Å². The number of carbonyl (C=O) groups is 1. The number of hydrogen-bond acceptors (Lipinski definition) is 5. The van der Waals surface area contributed by atoms with Crippen LogP contribution in [0.3, 0.4) is 0 Å². The van der Waals surface area contributed by atoms with E-state index in [0.717, 1.165) is 39.0 Å². The van der Waals surface area contributed by atoms with Crippen molar-refractivity contribution in [1.82, 2.24) is 25.3 Å². The van der Waals surface area contributed by atoms with Crippen LogP contribution in [0.25, 0.3) is 33.4 Å². The first-order valence-corrected chi connectivity index (χ1v) is 10.1. The van der Waals surface area contributed by atoms with E-state index in [1.165, 1.54) is 12.4 Å². The van der Waals surface area contributed by atoms with E-state index < -0.39 is 0 Å². The number of rotatable bonds is 7. The molecule has 0 aliphatic rings. The summed E-state index contributed by atoms with van der Waals surface area (Å²) in [6, 6.07) is 10.3. The van der Waals surface area contributed by atoms with Crippen molar-refractivity contribution in [3.8, 4) is 22.4 Å². The van der Waals surface area contributed by atoms with Gasteiger partial charge < -0.3 is 15.6 Å². The molecule has 3 N–H and O–H groups in total. The quantitative estimate of drug-likeness (QED) is 0.393. The van der Waals surface area contributed by atoms with Crippen LogP contribution in [0.1, 0.15) is 19.4 Å². The van der Waals surface area contributed by atoms with Gasteiger partial charge in [0.2, 0.25) is 5.91 Å². The van der Waals surface area contributed by atoms with Gasteiger partial charge >= 0.3 is 0 Å². The molecule has 0 saturated carbocycles. The molecule has 0 fully saturated rings. The molecule has 1 aromatic carbocycles. The van der Waals surface area contributed by atoms with Gasteiger partial charge in [-0.15, -0.1) is 0 Å². The van der Waals surface area contributed by atoms with E-state index in [1.807, 2.05) is 30.6 Å². The lowest BCUT2D eigenvalue weighted by molar-refractivity contribution is -0.111. The largest absolute Gasteiger partial charge is 0.345 e. The molecule has 0 aliphatic carbocycles. The Balaban J connectivity index is 1.78. The minimum absolute atomic E-state index is 0.245. The second kappa shape index (κ2) is 8.89. The zero-order chi connectivity index (χ0) is 21.8. The smallest absolute Gasteiger partial charge is 0.247 e. The molecule has 0 bridgehead atoms. The van der Waals surface area contributed by atoms with E-state index in [0.29, 0.717) is 18.3 Å².